The standard InChI is InChI=1S/C14H17ClFNO/c1-10(18)12-3-2-6-17(9-12)8-11-4-5-13(15)14(16)7-11/h4-5,7,12H,2-3,6,8-9H2,1H3. The normalized spacial score (nSPS) is 20.9. The lowest BCUT2D eigenvalue weighted by Crippen LogP contribution is -2.37. The molecule has 0 amide bonds. The van der Waals surface area contributed by atoms with E-state index < -0.39 is 0 Å². The van der Waals surface area contributed by atoms with E-state index in [2.05, 4.69) is 4.90 Å². The first-order valence-corrected chi connectivity index (χ1v) is 6.61. The summed E-state index contributed by atoms with van der Waals surface area (Å²) in [4.78, 5) is 13.6. The largest absolute Gasteiger partial charge is 0.300 e. The van der Waals surface area contributed by atoms with Gasteiger partial charge in [-0.3, -0.25) is 9.69 Å². The van der Waals surface area contributed by atoms with Crippen LogP contribution < -0.4 is 0 Å². The summed E-state index contributed by atoms with van der Waals surface area (Å²) in [5.41, 5.74) is 0.904. The molecule has 0 aromatic heterocycles. The molecule has 0 N–H and O–H groups in total. The lowest BCUT2D eigenvalue weighted by atomic mass is 9.94. The highest BCUT2D eigenvalue weighted by Crippen LogP contribution is 2.21. The molecule has 2 nitrogen and oxygen atoms in total. The molecule has 1 aromatic carbocycles. The van der Waals surface area contributed by atoms with Crippen molar-refractivity contribution in [1.82, 2.24) is 4.90 Å². The monoisotopic (exact) mass is 269 g/mol. The minimum absolute atomic E-state index is 0.135. The number of hydrogen-bond acceptors (Lipinski definition) is 2. The maximum atomic E-state index is 13.3. The Labute approximate surface area is 112 Å². The predicted octanol–water partition coefficient (Wildman–Crippen LogP) is 3.28. The highest BCUT2D eigenvalue weighted by molar-refractivity contribution is 6.30. The fourth-order valence-corrected chi connectivity index (χ4v) is 2.54. The van der Waals surface area contributed by atoms with Gasteiger partial charge < -0.3 is 0 Å². The van der Waals surface area contributed by atoms with Gasteiger partial charge in [0.1, 0.15) is 11.6 Å². The van der Waals surface area contributed by atoms with Gasteiger partial charge in [-0.2, -0.15) is 0 Å². The van der Waals surface area contributed by atoms with Crippen LogP contribution in [0.5, 0.6) is 0 Å². The Morgan fingerprint density at radius 2 is 2.33 bits per heavy atom. The second-order valence-electron chi connectivity index (χ2n) is 4.93. The first kappa shape index (κ1) is 13.5. The lowest BCUT2D eigenvalue weighted by Gasteiger charge is -2.31. The van der Waals surface area contributed by atoms with Crippen LogP contribution in [0.3, 0.4) is 0 Å². The minimum Gasteiger partial charge on any atom is -0.300 e. The number of piperidine rings is 1. The van der Waals surface area contributed by atoms with Gasteiger partial charge in [0.15, 0.2) is 0 Å². The Kier molecular flexibility index (Phi) is 4.36. The van der Waals surface area contributed by atoms with Crippen molar-refractivity contribution in [3.8, 4) is 0 Å². The number of halogens is 2. The number of rotatable bonds is 3. The van der Waals surface area contributed by atoms with Crippen LogP contribution in [0, 0.1) is 11.7 Å². The summed E-state index contributed by atoms with van der Waals surface area (Å²) in [5.74, 6) is 0.00665. The first-order chi connectivity index (χ1) is 8.56. The van der Waals surface area contributed by atoms with Crippen molar-refractivity contribution in [3.63, 3.8) is 0 Å². The highest BCUT2D eigenvalue weighted by atomic mass is 35.5. The van der Waals surface area contributed by atoms with E-state index in [1.807, 2.05) is 6.07 Å². The van der Waals surface area contributed by atoms with E-state index in [1.165, 1.54) is 6.07 Å². The van der Waals surface area contributed by atoms with Gasteiger partial charge in [0, 0.05) is 19.0 Å². The number of benzene rings is 1. The molecule has 1 fully saturated rings. The predicted molar refractivity (Wildman–Crippen MR) is 70.1 cm³/mol. The molecule has 1 aromatic rings. The third kappa shape index (κ3) is 3.30. The van der Waals surface area contributed by atoms with E-state index in [1.54, 1.807) is 13.0 Å². The topological polar surface area (TPSA) is 20.3 Å². The van der Waals surface area contributed by atoms with Crippen molar-refractivity contribution in [3.05, 3.63) is 34.6 Å². The maximum Gasteiger partial charge on any atom is 0.142 e. The van der Waals surface area contributed by atoms with Crippen LogP contribution in [0.4, 0.5) is 4.39 Å². The van der Waals surface area contributed by atoms with Crippen LogP contribution in [0.15, 0.2) is 18.2 Å². The average Bonchev–Trinajstić information content (AvgIpc) is 2.34. The SMILES string of the molecule is CC(=O)C1CCCN(Cc2ccc(Cl)c(F)c2)C1. The highest BCUT2D eigenvalue weighted by Gasteiger charge is 2.23. The van der Waals surface area contributed by atoms with Gasteiger partial charge in [-0.25, -0.2) is 4.39 Å². The number of carbonyl (C=O) groups excluding carboxylic acids is 1. The average molecular weight is 270 g/mol. The van der Waals surface area contributed by atoms with Crippen LogP contribution in [-0.4, -0.2) is 23.8 Å². The molecule has 1 atom stereocenters. The summed E-state index contributed by atoms with van der Waals surface area (Å²) in [6.07, 6.45) is 2.00. The lowest BCUT2D eigenvalue weighted by molar-refractivity contribution is -0.122. The van der Waals surface area contributed by atoms with Crippen LogP contribution in [0.25, 0.3) is 0 Å². The van der Waals surface area contributed by atoms with Crippen LogP contribution >= 0.6 is 11.6 Å². The van der Waals surface area contributed by atoms with E-state index in [0.29, 0.717) is 6.54 Å². The van der Waals surface area contributed by atoms with E-state index in [4.69, 9.17) is 11.6 Å². The Bertz CT molecular complexity index is 449. The summed E-state index contributed by atoms with van der Waals surface area (Å²) < 4.78 is 13.3. The van der Waals surface area contributed by atoms with Gasteiger partial charge >= 0.3 is 0 Å². The fraction of sp³-hybridized carbons (Fsp3) is 0.500. The van der Waals surface area contributed by atoms with Gasteiger partial charge in [-0.1, -0.05) is 17.7 Å². The molecular weight excluding hydrogens is 253 g/mol. The second kappa shape index (κ2) is 5.81. The van der Waals surface area contributed by atoms with Gasteiger partial charge in [0.2, 0.25) is 0 Å². The molecule has 0 bridgehead atoms. The van der Waals surface area contributed by atoms with E-state index >= 15 is 0 Å². The second-order valence-corrected chi connectivity index (χ2v) is 5.34. The summed E-state index contributed by atoms with van der Waals surface area (Å²) in [5, 5.41) is 0.152. The molecular formula is C14H17ClFNO. The van der Waals surface area contributed by atoms with Gasteiger partial charge in [0.25, 0.3) is 0 Å². The molecule has 0 aliphatic carbocycles. The number of hydrogen-bond donors (Lipinski definition) is 0. The zero-order valence-electron chi connectivity index (χ0n) is 10.5. The van der Waals surface area contributed by atoms with Gasteiger partial charge in [-0.15, -0.1) is 0 Å². The Hall–Kier alpha value is -0.930. The summed E-state index contributed by atoms with van der Waals surface area (Å²) in [6.45, 7) is 4.07. The number of Topliss-reactive ketones (excluding diaryl/α,β-unsaturated/α-hetero) is 1. The number of carbonyl (C=O) groups is 1. The fourth-order valence-electron chi connectivity index (χ4n) is 2.43. The Balaban J connectivity index is 2.00. The van der Waals surface area contributed by atoms with Crippen LogP contribution in [0.1, 0.15) is 25.3 Å². The molecule has 18 heavy (non-hydrogen) atoms. The van der Waals surface area contributed by atoms with E-state index in [0.717, 1.165) is 31.5 Å². The smallest absolute Gasteiger partial charge is 0.142 e. The van der Waals surface area contributed by atoms with Crippen molar-refractivity contribution in [2.24, 2.45) is 5.92 Å². The van der Waals surface area contributed by atoms with E-state index in [-0.39, 0.29) is 22.5 Å². The van der Waals surface area contributed by atoms with Crippen LogP contribution in [-0.2, 0) is 11.3 Å². The van der Waals surface area contributed by atoms with E-state index in [9.17, 15) is 9.18 Å². The minimum atomic E-state index is -0.380. The van der Waals surface area contributed by atoms with Gasteiger partial charge in [0.05, 0.1) is 5.02 Å². The first-order valence-electron chi connectivity index (χ1n) is 6.23. The van der Waals surface area contributed by atoms with Crippen molar-refractivity contribution in [2.45, 2.75) is 26.3 Å². The quantitative estimate of drug-likeness (QED) is 0.839. The number of nitrogens with zero attached hydrogens (tertiary/aromatic N) is 1. The van der Waals surface area contributed by atoms with Crippen molar-refractivity contribution in [2.75, 3.05) is 13.1 Å². The molecule has 1 aliphatic heterocycles. The van der Waals surface area contributed by atoms with Crippen molar-refractivity contribution >= 4 is 17.4 Å². The molecule has 0 spiro atoms. The molecule has 2 rings (SSSR count). The molecule has 98 valence electrons. The molecule has 1 heterocycles. The Morgan fingerprint density at radius 1 is 1.56 bits per heavy atom. The zero-order chi connectivity index (χ0) is 13.1. The zero-order valence-corrected chi connectivity index (χ0v) is 11.2. The molecule has 0 saturated carbocycles. The molecule has 1 saturated heterocycles. The number of likely N-dealkylation sites (tertiary alicyclic amines) is 1. The third-order valence-electron chi connectivity index (χ3n) is 3.47. The van der Waals surface area contributed by atoms with Crippen molar-refractivity contribution < 1.29 is 9.18 Å². The summed E-state index contributed by atoms with van der Waals surface area (Å²) in [6, 6.07) is 4.89. The molecule has 1 unspecified atom stereocenters. The molecule has 1 aliphatic rings. The Morgan fingerprint density at radius 3 is 3.00 bits per heavy atom. The summed E-state index contributed by atoms with van der Waals surface area (Å²) >= 11 is 5.65. The molecule has 0 radical (unpaired) electrons. The number of ketones is 1. The van der Waals surface area contributed by atoms with Crippen LogP contribution in [0.2, 0.25) is 5.02 Å². The van der Waals surface area contributed by atoms with Crippen molar-refractivity contribution in [1.29, 1.82) is 0 Å². The van der Waals surface area contributed by atoms with Gasteiger partial charge in [-0.05, 0) is 44.0 Å². The maximum absolute atomic E-state index is 13.3. The summed E-state index contributed by atoms with van der Waals surface area (Å²) in [7, 11) is 0. The molecule has 4 heteroatoms. The third-order valence-corrected chi connectivity index (χ3v) is 3.78.